The van der Waals surface area contributed by atoms with Crippen LogP contribution < -0.4 is 4.90 Å². The highest BCUT2D eigenvalue weighted by Crippen LogP contribution is 2.59. The molecule has 2 aliphatic carbocycles. The Labute approximate surface area is 411 Å². The lowest BCUT2D eigenvalue weighted by Crippen LogP contribution is -2.18. The first-order valence-electron chi connectivity index (χ1n) is 24.8. The van der Waals surface area contributed by atoms with E-state index in [1.54, 1.807) is 0 Å². The first-order valence-corrected chi connectivity index (χ1v) is 24.8. The van der Waals surface area contributed by atoms with Gasteiger partial charge in [-0.2, -0.15) is 0 Å². The topological polar surface area (TPSA) is 29.5 Å². The Morgan fingerprint density at radius 1 is 0.324 bits per heavy atom. The normalized spacial score (nSPS) is 14.1. The lowest BCUT2D eigenvalue weighted by Gasteiger charge is -2.29. The minimum Gasteiger partial charge on any atom is -0.455 e. The molecule has 0 unspecified atom stereocenters. The van der Waals surface area contributed by atoms with Crippen LogP contribution in [0.15, 0.2) is 221 Å². The zero-order chi connectivity index (χ0) is 47.3. The third kappa shape index (κ3) is 5.66. The zero-order valence-electron chi connectivity index (χ0n) is 40.0. The number of fused-ring (bicyclic) bond motifs is 16. The van der Waals surface area contributed by atoms with Gasteiger partial charge in [-0.1, -0.05) is 167 Å². The van der Waals surface area contributed by atoms with Crippen LogP contribution >= 0.6 is 0 Å². The van der Waals surface area contributed by atoms with Crippen molar-refractivity contribution in [1.29, 1.82) is 0 Å². The van der Waals surface area contributed by atoms with Crippen molar-refractivity contribution < 1.29 is 8.83 Å². The van der Waals surface area contributed by atoms with E-state index in [4.69, 9.17) is 8.83 Å². The Morgan fingerprint density at radius 3 is 1.23 bits per heavy atom. The monoisotopic (exact) mass is 909 g/mol. The molecule has 2 heterocycles. The van der Waals surface area contributed by atoms with E-state index in [0.717, 1.165) is 72.4 Å². The molecule has 0 bridgehead atoms. The molecule has 0 atom stereocenters. The summed E-state index contributed by atoms with van der Waals surface area (Å²) < 4.78 is 13.8. The number of benzene rings is 11. The second-order valence-electron chi connectivity index (χ2n) is 20.8. The van der Waals surface area contributed by atoms with Gasteiger partial charge in [0, 0.05) is 60.6 Å². The van der Waals surface area contributed by atoms with E-state index in [2.05, 4.69) is 245 Å². The largest absolute Gasteiger partial charge is 0.455 e. The highest BCUT2D eigenvalue weighted by atomic mass is 16.3. The molecule has 0 spiro atoms. The van der Waals surface area contributed by atoms with Gasteiger partial charge in [0.15, 0.2) is 0 Å². The van der Waals surface area contributed by atoms with Gasteiger partial charge in [-0.25, -0.2) is 0 Å². The predicted molar refractivity (Wildman–Crippen MR) is 297 cm³/mol. The third-order valence-electron chi connectivity index (χ3n) is 16.2. The second-order valence-corrected chi connectivity index (χ2v) is 20.8. The Kier molecular flexibility index (Phi) is 8.19. The highest BCUT2D eigenvalue weighted by molar-refractivity contribution is 6.20. The number of furan rings is 2. The summed E-state index contributed by atoms with van der Waals surface area (Å²) in [5.74, 6) is 0. The average molecular weight is 910 g/mol. The molecule has 0 N–H and O–H groups in total. The number of hydrogen-bond acceptors (Lipinski definition) is 3. The van der Waals surface area contributed by atoms with Crippen LogP contribution in [0, 0.1) is 0 Å². The summed E-state index contributed by atoms with van der Waals surface area (Å²) in [6, 6.07) is 77.9. The SMILES string of the molecule is CC1(C)c2cc(N(c3ccccc3)c3ccc4c(c3)C(C)(C)c3cc(-c5ccc6ccccc6c5)c5oc6ccccc6c5c3-4)ccc2-c2c1cc(-c1ccc3ccccc3c1)c1oc3ccccc3c21. The smallest absolute Gasteiger partial charge is 0.143 e. The summed E-state index contributed by atoms with van der Waals surface area (Å²) in [6.07, 6.45) is 0. The van der Waals surface area contributed by atoms with E-state index >= 15 is 0 Å². The van der Waals surface area contributed by atoms with Crippen LogP contribution in [-0.4, -0.2) is 0 Å². The van der Waals surface area contributed by atoms with Crippen molar-refractivity contribution in [3.63, 3.8) is 0 Å². The van der Waals surface area contributed by atoms with Gasteiger partial charge >= 0.3 is 0 Å². The minimum absolute atomic E-state index is 0.315. The maximum absolute atomic E-state index is 6.88. The highest BCUT2D eigenvalue weighted by Gasteiger charge is 2.41. The standard InChI is InChI=1S/C68H47NO2/c1-67(2)55-36-47(30-32-49(55)61-57(67)38-53(44-28-26-40-16-8-10-18-42(40)34-44)65-63(61)51-22-12-14-24-59(51)70-65)69(46-20-6-5-7-21-46)48-31-33-50-56(37-48)68(3,4)58-39-54(45-29-27-41-17-9-11-19-43(41)35-45)66-64(62(50)58)52-23-13-15-25-60(52)71-66/h5-39H,1-4H3. The van der Waals surface area contributed by atoms with Gasteiger partial charge in [0.25, 0.3) is 0 Å². The van der Waals surface area contributed by atoms with Crippen LogP contribution in [0.3, 0.4) is 0 Å². The van der Waals surface area contributed by atoms with Gasteiger partial charge in [-0.05, 0) is 150 Å². The van der Waals surface area contributed by atoms with Crippen molar-refractivity contribution >= 4 is 82.5 Å². The number of anilines is 3. The molecule has 11 aromatic carbocycles. The molecule has 71 heavy (non-hydrogen) atoms. The molecule has 3 heteroatoms. The summed E-state index contributed by atoms with van der Waals surface area (Å²) in [7, 11) is 0. The molecular formula is C68H47NO2. The summed E-state index contributed by atoms with van der Waals surface area (Å²) >= 11 is 0. The first-order chi connectivity index (χ1) is 34.7. The maximum Gasteiger partial charge on any atom is 0.143 e. The molecule has 0 aliphatic heterocycles. The Morgan fingerprint density at radius 2 is 0.746 bits per heavy atom. The van der Waals surface area contributed by atoms with Crippen LogP contribution in [0.25, 0.3) is 110 Å². The summed E-state index contributed by atoms with van der Waals surface area (Å²) in [6.45, 7) is 9.59. The summed E-state index contributed by atoms with van der Waals surface area (Å²) in [5.41, 5.74) is 21.3. The third-order valence-corrected chi connectivity index (χ3v) is 16.2. The first kappa shape index (κ1) is 40.2. The number of para-hydroxylation sites is 3. The van der Waals surface area contributed by atoms with Gasteiger partial charge in [0.2, 0.25) is 0 Å². The van der Waals surface area contributed by atoms with Crippen LogP contribution in [0.4, 0.5) is 17.1 Å². The van der Waals surface area contributed by atoms with E-state index in [9.17, 15) is 0 Å². The molecule has 15 rings (SSSR count). The fourth-order valence-corrected chi connectivity index (χ4v) is 12.6. The molecule has 336 valence electrons. The molecule has 0 fully saturated rings. The van der Waals surface area contributed by atoms with Crippen molar-refractivity contribution in [2.75, 3.05) is 4.90 Å². The average Bonchev–Trinajstić information content (AvgIpc) is 4.12. The van der Waals surface area contributed by atoms with Crippen LogP contribution in [-0.2, 0) is 10.8 Å². The van der Waals surface area contributed by atoms with Crippen molar-refractivity contribution in [3.05, 3.63) is 235 Å². The fraction of sp³-hybridized carbons (Fsp3) is 0.0882. The van der Waals surface area contributed by atoms with Crippen molar-refractivity contribution in [2.24, 2.45) is 0 Å². The fourth-order valence-electron chi connectivity index (χ4n) is 12.6. The number of rotatable bonds is 5. The molecule has 0 radical (unpaired) electrons. The lowest BCUT2D eigenvalue weighted by molar-refractivity contribution is 0.657. The van der Waals surface area contributed by atoms with Crippen LogP contribution in [0.2, 0.25) is 0 Å². The summed E-state index contributed by atoms with van der Waals surface area (Å²) in [4.78, 5) is 2.45. The minimum atomic E-state index is -0.315. The predicted octanol–water partition coefficient (Wildman–Crippen LogP) is 19.2. The van der Waals surface area contributed by atoms with Crippen molar-refractivity contribution in [3.8, 4) is 44.5 Å². The Hall–Kier alpha value is -8.66. The van der Waals surface area contributed by atoms with Gasteiger partial charge < -0.3 is 13.7 Å². The molecule has 0 saturated heterocycles. The Balaban J connectivity index is 0.907. The zero-order valence-corrected chi connectivity index (χ0v) is 40.0. The van der Waals surface area contributed by atoms with Gasteiger partial charge in [0.05, 0.1) is 0 Å². The molecule has 2 aliphatic rings. The van der Waals surface area contributed by atoms with E-state index < -0.39 is 0 Å². The lowest BCUT2D eigenvalue weighted by atomic mass is 9.80. The molecule has 0 saturated carbocycles. The van der Waals surface area contributed by atoms with Crippen molar-refractivity contribution in [1.82, 2.24) is 0 Å². The van der Waals surface area contributed by atoms with Crippen LogP contribution in [0.5, 0.6) is 0 Å². The Bertz CT molecular complexity index is 4150. The molecule has 13 aromatic rings. The van der Waals surface area contributed by atoms with E-state index in [-0.39, 0.29) is 10.8 Å². The van der Waals surface area contributed by atoms with Gasteiger partial charge in [0.1, 0.15) is 22.3 Å². The second kappa shape index (κ2) is 14.4. The van der Waals surface area contributed by atoms with E-state index in [1.165, 1.54) is 76.8 Å². The maximum atomic E-state index is 6.88. The van der Waals surface area contributed by atoms with E-state index in [0.29, 0.717) is 0 Å². The molecule has 3 nitrogen and oxygen atoms in total. The quantitative estimate of drug-likeness (QED) is 0.172. The van der Waals surface area contributed by atoms with Crippen LogP contribution in [0.1, 0.15) is 49.9 Å². The molecule has 0 amide bonds. The van der Waals surface area contributed by atoms with Gasteiger partial charge in [-0.15, -0.1) is 0 Å². The summed E-state index contributed by atoms with van der Waals surface area (Å²) in [5, 5.41) is 9.56. The van der Waals surface area contributed by atoms with Crippen molar-refractivity contribution in [2.45, 2.75) is 38.5 Å². The molecular weight excluding hydrogens is 863 g/mol. The number of nitrogens with zero attached hydrogens (tertiary/aromatic N) is 1. The van der Waals surface area contributed by atoms with Gasteiger partial charge in [-0.3, -0.25) is 0 Å². The molecule has 2 aromatic heterocycles. The number of hydrogen-bond donors (Lipinski definition) is 0. The van der Waals surface area contributed by atoms with E-state index in [1.807, 2.05) is 0 Å².